The molecule has 0 radical (unpaired) electrons. The third-order valence-electron chi connectivity index (χ3n) is 3.90. The minimum absolute atomic E-state index is 0.149. The van der Waals surface area contributed by atoms with Crippen LogP contribution in [0.25, 0.3) is 0 Å². The van der Waals surface area contributed by atoms with Crippen molar-refractivity contribution < 1.29 is 9.90 Å². The molecule has 0 atom stereocenters. The Bertz CT molecular complexity index is 465. The number of carbonyl (C=O) groups is 1. The van der Waals surface area contributed by atoms with E-state index in [1.165, 1.54) is 0 Å². The molecule has 1 aromatic heterocycles. The summed E-state index contributed by atoms with van der Waals surface area (Å²) in [6.45, 7) is 2.74. The van der Waals surface area contributed by atoms with E-state index >= 15 is 0 Å². The van der Waals surface area contributed by atoms with E-state index in [4.69, 9.17) is 5.11 Å². The normalized spacial score (nSPS) is 23.5. The van der Waals surface area contributed by atoms with Crippen LogP contribution in [0.15, 0.2) is 4.47 Å². The molecule has 0 aliphatic heterocycles. The number of aromatic nitrogens is 2. The summed E-state index contributed by atoms with van der Waals surface area (Å²) in [5.41, 5.74) is 2.13. The molecular weight excluding hydrogens is 310 g/mol. The summed E-state index contributed by atoms with van der Waals surface area (Å²) in [4.78, 5) is 10.9. The number of halogens is 1. The number of nitrogens with one attached hydrogen (secondary N) is 1. The predicted molar refractivity (Wildman–Crippen MR) is 75.9 cm³/mol. The van der Waals surface area contributed by atoms with E-state index in [9.17, 15) is 4.79 Å². The zero-order valence-electron chi connectivity index (χ0n) is 11.3. The van der Waals surface area contributed by atoms with E-state index in [2.05, 4.69) is 26.3 Å². The summed E-state index contributed by atoms with van der Waals surface area (Å²) >= 11 is 3.55. The number of hydrogen-bond acceptors (Lipinski definition) is 3. The lowest BCUT2D eigenvalue weighted by atomic mass is 9.86. The van der Waals surface area contributed by atoms with Crippen molar-refractivity contribution in [3.8, 4) is 0 Å². The number of aryl methyl sites for hydroxylation is 2. The molecule has 19 heavy (non-hydrogen) atoms. The Labute approximate surface area is 121 Å². The molecular formula is C13H20BrN3O2. The average molecular weight is 330 g/mol. The average Bonchev–Trinajstić information content (AvgIpc) is 2.62. The molecule has 1 aliphatic rings. The van der Waals surface area contributed by atoms with E-state index in [1.54, 1.807) is 0 Å². The summed E-state index contributed by atoms with van der Waals surface area (Å²) in [5.74, 6) is -0.799. The van der Waals surface area contributed by atoms with Crippen molar-refractivity contribution >= 4 is 21.9 Å². The number of carboxylic acids is 1. The smallest absolute Gasteiger partial charge is 0.306 e. The van der Waals surface area contributed by atoms with Crippen molar-refractivity contribution in [2.75, 3.05) is 0 Å². The van der Waals surface area contributed by atoms with Gasteiger partial charge in [0.25, 0.3) is 0 Å². The highest BCUT2D eigenvalue weighted by atomic mass is 79.9. The first-order chi connectivity index (χ1) is 8.99. The van der Waals surface area contributed by atoms with E-state index in [0.717, 1.165) is 48.1 Å². The summed E-state index contributed by atoms with van der Waals surface area (Å²) in [6.07, 6.45) is 3.42. The molecule has 1 aromatic rings. The summed E-state index contributed by atoms with van der Waals surface area (Å²) in [6, 6.07) is 0.415. The monoisotopic (exact) mass is 329 g/mol. The van der Waals surface area contributed by atoms with E-state index in [1.807, 2.05) is 18.7 Å². The van der Waals surface area contributed by atoms with Crippen LogP contribution in [0.2, 0.25) is 0 Å². The molecule has 5 nitrogen and oxygen atoms in total. The molecule has 1 aliphatic carbocycles. The minimum atomic E-state index is -0.650. The molecule has 106 valence electrons. The Hall–Kier alpha value is -0.880. The molecule has 0 spiro atoms. The van der Waals surface area contributed by atoms with Gasteiger partial charge in [-0.25, -0.2) is 0 Å². The van der Waals surface area contributed by atoms with Crippen molar-refractivity contribution in [1.82, 2.24) is 15.1 Å². The van der Waals surface area contributed by atoms with Gasteiger partial charge in [0.05, 0.1) is 21.8 Å². The fraction of sp³-hybridized carbons (Fsp3) is 0.692. The Kier molecular flexibility index (Phi) is 4.62. The zero-order valence-corrected chi connectivity index (χ0v) is 12.9. The van der Waals surface area contributed by atoms with Crippen LogP contribution in [0.4, 0.5) is 0 Å². The maximum absolute atomic E-state index is 10.9. The molecule has 0 bridgehead atoms. The Morgan fingerprint density at radius 1 is 1.47 bits per heavy atom. The van der Waals surface area contributed by atoms with Crippen LogP contribution < -0.4 is 5.32 Å². The van der Waals surface area contributed by atoms with Gasteiger partial charge in [-0.2, -0.15) is 5.10 Å². The number of aliphatic carboxylic acids is 1. The van der Waals surface area contributed by atoms with E-state index in [0.29, 0.717) is 6.04 Å². The van der Waals surface area contributed by atoms with Crippen LogP contribution >= 0.6 is 15.9 Å². The lowest BCUT2D eigenvalue weighted by Crippen LogP contribution is -2.35. The SMILES string of the molecule is Cc1nn(C)c(CNC2CCC(C(=O)O)CC2)c1Br. The van der Waals surface area contributed by atoms with Crippen molar-refractivity contribution in [2.45, 2.75) is 45.2 Å². The van der Waals surface area contributed by atoms with Gasteiger partial charge in [-0.1, -0.05) is 0 Å². The maximum Gasteiger partial charge on any atom is 0.306 e. The first-order valence-electron chi connectivity index (χ1n) is 6.63. The molecule has 1 heterocycles. The third-order valence-corrected chi connectivity index (χ3v) is 4.93. The fourth-order valence-electron chi connectivity index (χ4n) is 2.66. The van der Waals surface area contributed by atoms with E-state index < -0.39 is 5.97 Å². The summed E-state index contributed by atoms with van der Waals surface area (Å²) in [5, 5.41) is 16.8. The third kappa shape index (κ3) is 3.36. The van der Waals surface area contributed by atoms with Gasteiger partial charge in [0.2, 0.25) is 0 Å². The number of nitrogens with zero attached hydrogens (tertiary/aromatic N) is 2. The molecule has 6 heteroatoms. The first-order valence-corrected chi connectivity index (χ1v) is 7.42. The van der Waals surface area contributed by atoms with Crippen LogP contribution in [0.5, 0.6) is 0 Å². The lowest BCUT2D eigenvalue weighted by molar-refractivity contribution is -0.142. The minimum Gasteiger partial charge on any atom is -0.481 e. The van der Waals surface area contributed by atoms with Gasteiger partial charge in [0.1, 0.15) is 0 Å². The molecule has 0 amide bonds. The van der Waals surface area contributed by atoms with E-state index in [-0.39, 0.29) is 5.92 Å². The molecule has 1 saturated carbocycles. The van der Waals surface area contributed by atoms with Crippen LogP contribution in [0.3, 0.4) is 0 Å². The van der Waals surface area contributed by atoms with Gasteiger partial charge in [-0.05, 0) is 48.5 Å². The Morgan fingerprint density at radius 3 is 2.58 bits per heavy atom. The van der Waals surface area contributed by atoms with Gasteiger partial charge in [0.15, 0.2) is 0 Å². The second-order valence-corrected chi connectivity index (χ2v) is 6.03. The van der Waals surface area contributed by atoms with Crippen LogP contribution in [-0.4, -0.2) is 26.9 Å². The van der Waals surface area contributed by atoms with Crippen LogP contribution in [-0.2, 0) is 18.4 Å². The molecule has 0 unspecified atom stereocenters. The summed E-state index contributed by atoms with van der Waals surface area (Å²) in [7, 11) is 1.94. The first kappa shape index (κ1) is 14.5. The standard InChI is InChI=1S/C13H20BrN3O2/c1-8-12(14)11(17(2)16-8)7-15-10-5-3-9(4-6-10)13(18)19/h9-10,15H,3-7H2,1-2H3,(H,18,19). The summed E-state index contributed by atoms with van der Waals surface area (Å²) < 4.78 is 2.94. The van der Waals surface area contributed by atoms with Gasteiger partial charge in [-0.15, -0.1) is 0 Å². The number of hydrogen-bond donors (Lipinski definition) is 2. The van der Waals surface area contributed by atoms with Gasteiger partial charge >= 0.3 is 5.97 Å². The van der Waals surface area contributed by atoms with Crippen molar-refractivity contribution in [3.63, 3.8) is 0 Å². The maximum atomic E-state index is 10.9. The van der Waals surface area contributed by atoms with Crippen molar-refractivity contribution in [1.29, 1.82) is 0 Å². The largest absolute Gasteiger partial charge is 0.481 e. The molecule has 0 aromatic carbocycles. The highest BCUT2D eigenvalue weighted by Crippen LogP contribution is 2.25. The molecule has 1 fully saturated rings. The molecule has 2 rings (SSSR count). The lowest BCUT2D eigenvalue weighted by Gasteiger charge is -2.27. The Balaban J connectivity index is 1.85. The van der Waals surface area contributed by atoms with Crippen LogP contribution in [0, 0.1) is 12.8 Å². The second kappa shape index (κ2) is 6.05. The zero-order chi connectivity index (χ0) is 14.0. The molecule has 2 N–H and O–H groups in total. The quantitative estimate of drug-likeness (QED) is 0.888. The predicted octanol–water partition coefficient (Wildman–Crippen LogP) is 2.22. The number of carboxylic acid groups (broad SMARTS) is 1. The van der Waals surface area contributed by atoms with Crippen molar-refractivity contribution in [3.05, 3.63) is 15.9 Å². The Morgan fingerprint density at radius 2 is 2.11 bits per heavy atom. The number of rotatable bonds is 4. The van der Waals surface area contributed by atoms with Crippen molar-refractivity contribution in [2.24, 2.45) is 13.0 Å². The second-order valence-electron chi connectivity index (χ2n) is 5.24. The van der Waals surface area contributed by atoms with Gasteiger partial charge in [-0.3, -0.25) is 9.48 Å². The van der Waals surface area contributed by atoms with Crippen LogP contribution in [0.1, 0.15) is 37.1 Å². The fourth-order valence-corrected chi connectivity index (χ4v) is 3.13. The topological polar surface area (TPSA) is 67.2 Å². The highest BCUT2D eigenvalue weighted by Gasteiger charge is 2.25. The van der Waals surface area contributed by atoms with Gasteiger partial charge in [0, 0.05) is 19.6 Å². The molecule has 0 saturated heterocycles. The van der Waals surface area contributed by atoms with Gasteiger partial charge < -0.3 is 10.4 Å². The highest BCUT2D eigenvalue weighted by molar-refractivity contribution is 9.10.